The summed E-state index contributed by atoms with van der Waals surface area (Å²) in [5.41, 5.74) is 6.14. The molecule has 0 spiro atoms. The number of benzene rings is 1. The van der Waals surface area contributed by atoms with Gasteiger partial charge < -0.3 is 4.90 Å². The highest BCUT2D eigenvalue weighted by molar-refractivity contribution is 6.89. The van der Waals surface area contributed by atoms with Crippen LogP contribution in [0.4, 0.5) is 0 Å². The van der Waals surface area contributed by atoms with Crippen molar-refractivity contribution in [3.8, 4) is 11.3 Å². The first kappa shape index (κ1) is 27.9. The summed E-state index contributed by atoms with van der Waals surface area (Å²) in [6.07, 6.45) is 12.8. The molecule has 200 valence electrons. The molecule has 1 fully saturated rings. The van der Waals surface area contributed by atoms with Crippen molar-refractivity contribution in [2.45, 2.75) is 97.9 Å². The molecule has 0 amide bonds. The molecule has 4 unspecified atom stereocenters. The maximum absolute atomic E-state index is 4.47. The lowest BCUT2D eigenvalue weighted by molar-refractivity contribution is -0.741. The number of pyridine rings is 1. The Morgan fingerprint density at radius 3 is 2.43 bits per heavy atom. The van der Waals surface area contributed by atoms with Gasteiger partial charge in [0.15, 0.2) is 12.2 Å². The summed E-state index contributed by atoms with van der Waals surface area (Å²) in [6, 6.07) is 12.2. The molecule has 2 nitrogen and oxygen atoms in total. The zero-order chi connectivity index (χ0) is 27.3. The SMILES string of the molecule is C=CC1C2C(c3ccccc3-c3cc(CC(C)C)c([Si](C)(C)C)c[n+]32)C1(CC(C)(C)CC)N(C)/C=C\C. The van der Waals surface area contributed by atoms with Crippen molar-refractivity contribution in [2.75, 3.05) is 7.05 Å². The first-order valence-corrected chi connectivity index (χ1v) is 18.0. The molecule has 2 aromatic rings. The Bertz CT molecular complexity index is 1180. The zero-order valence-corrected chi connectivity index (χ0v) is 26.2. The van der Waals surface area contributed by atoms with Crippen LogP contribution in [0.15, 0.2) is 61.5 Å². The Labute approximate surface area is 228 Å². The van der Waals surface area contributed by atoms with Crippen molar-refractivity contribution in [1.82, 2.24) is 4.90 Å². The van der Waals surface area contributed by atoms with E-state index < -0.39 is 8.07 Å². The molecule has 2 heterocycles. The van der Waals surface area contributed by atoms with Crippen LogP contribution in [-0.2, 0) is 6.42 Å². The van der Waals surface area contributed by atoms with Gasteiger partial charge in [-0.05, 0) is 54.5 Å². The molecule has 2 aliphatic rings. The molecule has 1 aliphatic carbocycles. The highest BCUT2D eigenvalue weighted by atomic mass is 28.3. The number of nitrogens with zero attached hydrogens (tertiary/aromatic N) is 2. The summed E-state index contributed by atoms with van der Waals surface area (Å²) in [5, 5.41) is 1.62. The Hall–Kier alpha value is -2.13. The van der Waals surface area contributed by atoms with Gasteiger partial charge in [0.25, 0.3) is 0 Å². The fourth-order valence-corrected chi connectivity index (χ4v) is 9.10. The third-order valence-corrected chi connectivity index (χ3v) is 11.4. The molecule has 0 radical (unpaired) electrons. The Balaban J connectivity index is 2.02. The molecule has 4 atom stereocenters. The first-order valence-electron chi connectivity index (χ1n) is 14.5. The minimum atomic E-state index is -1.54. The Morgan fingerprint density at radius 1 is 1.19 bits per heavy atom. The number of hydrogen-bond acceptors (Lipinski definition) is 1. The Morgan fingerprint density at radius 2 is 1.86 bits per heavy atom. The van der Waals surface area contributed by atoms with Crippen LogP contribution in [0.2, 0.25) is 19.6 Å². The smallest absolute Gasteiger partial charge is 0.213 e. The van der Waals surface area contributed by atoms with Crippen LogP contribution >= 0.6 is 0 Å². The molecule has 37 heavy (non-hydrogen) atoms. The van der Waals surface area contributed by atoms with Crippen LogP contribution in [0.25, 0.3) is 11.3 Å². The molecule has 0 bridgehead atoms. The van der Waals surface area contributed by atoms with Crippen LogP contribution in [-0.4, -0.2) is 25.6 Å². The average molecular weight is 516 g/mol. The first-order chi connectivity index (χ1) is 17.3. The van der Waals surface area contributed by atoms with Gasteiger partial charge in [0.05, 0.1) is 25.4 Å². The van der Waals surface area contributed by atoms with E-state index in [2.05, 4.69) is 139 Å². The summed E-state index contributed by atoms with van der Waals surface area (Å²) in [6.45, 7) is 26.1. The lowest BCUT2D eigenvalue weighted by atomic mass is 9.47. The molecule has 1 aromatic heterocycles. The van der Waals surface area contributed by atoms with Gasteiger partial charge in [-0.3, -0.25) is 0 Å². The number of aromatic nitrogens is 1. The maximum atomic E-state index is 4.47. The van der Waals surface area contributed by atoms with E-state index in [0.29, 0.717) is 23.8 Å². The predicted octanol–water partition coefficient (Wildman–Crippen LogP) is 7.87. The van der Waals surface area contributed by atoms with E-state index in [1.54, 1.807) is 10.8 Å². The summed E-state index contributed by atoms with van der Waals surface area (Å²) in [7, 11) is 0.768. The summed E-state index contributed by atoms with van der Waals surface area (Å²) in [4.78, 5) is 2.55. The third kappa shape index (κ3) is 4.56. The lowest BCUT2D eigenvalue weighted by Gasteiger charge is -2.64. The van der Waals surface area contributed by atoms with E-state index in [1.807, 2.05) is 0 Å². The van der Waals surface area contributed by atoms with Gasteiger partial charge in [-0.15, -0.1) is 6.58 Å². The zero-order valence-electron chi connectivity index (χ0n) is 25.2. The van der Waals surface area contributed by atoms with Crippen molar-refractivity contribution in [1.29, 1.82) is 0 Å². The number of hydrogen-bond donors (Lipinski definition) is 0. The van der Waals surface area contributed by atoms with Gasteiger partial charge in [-0.2, -0.15) is 4.57 Å². The van der Waals surface area contributed by atoms with Crippen molar-refractivity contribution in [2.24, 2.45) is 17.3 Å². The topological polar surface area (TPSA) is 7.12 Å². The number of likely N-dealkylation sites (N-methyl/N-ethyl adjacent to an activating group) is 1. The van der Waals surface area contributed by atoms with Gasteiger partial charge in [0, 0.05) is 23.9 Å². The molecule has 0 saturated heterocycles. The molecule has 1 aliphatic heterocycles. The highest BCUT2D eigenvalue weighted by Gasteiger charge is 2.70. The fraction of sp³-hybridized carbons (Fsp3) is 0.559. The standard InChI is InChI=1S/C34H51N2Si/c1-12-19-35(8)34(23-33(6,7)14-3)28(13-2)32-31(34)27-18-16-15-17-26(27)29-21-25(20-24(4)5)30(22-36(29)32)37(9,10)11/h12-13,15-19,21-22,24,28,31-32H,2,14,20,23H2,1,3-11H3/q+1/b19-12-. The van der Waals surface area contributed by atoms with E-state index >= 15 is 0 Å². The van der Waals surface area contributed by atoms with Crippen molar-refractivity contribution < 1.29 is 4.57 Å². The van der Waals surface area contributed by atoms with Gasteiger partial charge in [0.2, 0.25) is 5.69 Å². The number of rotatable bonds is 9. The van der Waals surface area contributed by atoms with Crippen LogP contribution in [0, 0.1) is 17.3 Å². The minimum Gasteiger partial charge on any atom is -0.373 e. The largest absolute Gasteiger partial charge is 0.373 e. The van der Waals surface area contributed by atoms with Crippen LogP contribution in [0.5, 0.6) is 0 Å². The predicted molar refractivity (Wildman–Crippen MR) is 163 cm³/mol. The molecule has 4 rings (SSSR count). The second-order valence-electron chi connectivity index (χ2n) is 13.9. The third-order valence-electron chi connectivity index (χ3n) is 9.36. The van der Waals surface area contributed by atoms with Crippen LogP contribution in [0.3, 0.4) is 0 Å². The number of fused-ring (bicyclic) bond motifs is 6. The van der Waals surface area contributed by atoms with E-state index in [-0.39, 0.29) is 11.0 Å². The number of allylic oxidation sites excluding steroid dienone is 1. The van der Waals surface area contributed by atoms with Gasteiger partial charge in [-0.1, -0.05) is 91.0 Å². The molecule has 0 N–H and O–H groups in total. The molecular weight excluding hydrogens is 464 g/mol. The van der Waals surface area contributed by atoms with Crippen molar-refractivity contribution in [3.05, 3.63) is 72.6 Å². The van der Waals surface area contributed by atoms with Gasteiger partial charge in [-0.25, -0.2) is 0 Å². The van der Waals surface area contributed by atoms with Gasteiger partial charge in [0.1, 0.15) is 0 Å². The quantitative estimate of drug-likeness (QED) is 0.187. The summed E-state index contributed by atoms with van der Waals surface area (Å²) in [5.74, 6) is 1.43. The fourth-order valence-electron chi connectivity index (χ4n) is 7.44. The Kier molecular flexibility index (Phi) is 7.44. The van der Waals surface area contributed by atoms with E-state index in [1.165, 1.54) is 23.2 Å². The second-order valence-corrected chi connectivity index (χ2v) is 19.0. The monoisotopic (exact) mass is 515 g/mol. The molecular formula is C34H51N2Si+. The van der Waals surface area contributed by atoms with E-state index in [4.69, 9.17) is 0 Å². The van der Waals surface area contributed by atoms with E-state index in [9.17, 15) is 0 Å². The van der Waals surface area contributed by atoms with E-state index in [0.717, 1.165) is 12.8 Å². The van der Waals surface area contributed by atoms with Crippen molar-refractivity contribution >= 4 is 13.3 Å². The molecule has 3 heteroatoms. The van der Waals surface area contributed by atoms with Gasteiger partial charge >= 0.3 is 0 Å². The van der Waals surface area contributed by atoms with Crippen LogP contribution < -0.4 is 9.75 Å². The molecule has 1 saturated carbocycles. The second kappa shape index (κ2) is 9.87. The molecule has 1 aromatic carbocycles. The maximum Gasteiger partial charge on any atom is 0.213 e. The average Bonchev–Trinajstić information content (AvgIpc) is 2.81. The van der Waals surface area contributed by atoms with Crippen LogP contribution in [0.1, 0.15) is 77.5 Å². The minimum absolute atomic E-state index is 0.00480. The summed E-state index contributed by atoms with van der Waals surface area (Å²) < 4.78 is 2.69. The highest BCUT2D eigenvalue weighted by Crippen LogP contribution is 2.65. The lowest BCUT2D eigenvalue weighted by Crippen LogP contribution is -2.75. The van der Waals surface area contributed by atoms with Crippen molar-refractivity contribution in [3.63, 3.8) is 0 Å². The summed E-state index contributed by atoms with van der Waals surface area (Å²) >= 11 is 0. The normalized spacial score (nSPS) is 24.9.